The average Bonchev–Trinajstić information content (AvgIpc) is 2.69. The van der Waals surface area contributed by atoms with Gasteiger partial charge in [-0.15, -0.1) is 0 Å². The molecule has 0 bridgehead atoms. The highest BCUT2D eigenvalue weighted by Crippen LogP contribution is 2.19. The molecule has 0 spiro atoms. The van der Waals surface area contributed by atoms with E-state index in [1.807, 2.05) is 54.7 Å². The molecule has 0 aromatic heterocycles. The predicted molar refractivity (Wildman–Crippen MR) is 109 cm³/mol. The Hall–Kier alpha value is -2.30. The Bertz CT molecular complexity index is 765. The number of anilines is 1. The fraction of sp³-hybridized carbons (Fsp3) is 0.286. The van der Waals surface area contributed by atoms with Crippen molar-refractivity contribution in [2.24, 2.45) is 10.7 Å². The third-order valence-electron chi connectivity index (χ3n) is 4.32. The first-order valence-corrected chi connectivity index (χ1v) is 9.28. The Labute approximate surface area is 159 Å². The van der Waals surface area contributed by atoms with Crippen LogP contribution in [-0.2, 0) is 11.3 Å². The number of hydrogen-bond donors (Lipinski definition) is 2. The molecule has 1 aliphatic rings. The van der Waals surface area contributed by atoms with Gasteiger partial charge in [0.05, 0.1) is 0 Å². The van der Waals surface area contributed by atoms with E-state index >= 15 is 0 Å². The lowest BCUT2D eigenvalue weighted by atomic mass is 10.1. The Morgan fingerprint density at radius 2 is 2.08 bits per heavy atom. The molecule has 1 fully saturated rings. The standard InChI is InChI=1S/C21H24ClN3O/c22-19-5-3-4-16(12-19)14-24-20-9-7-17(8-10-20)18(13-23)15-25-21-6-1-2-11-26-21/h3-5,7-10,12-13,15,21,24H,1-2,6,11,14,23H2/b18-13+,25-15+. The van der Waals surface area contributed by atoms with Gasteiger partial charge in [-0.05, 0) is 54.7 Å². The second-order valence-electron chi connectivity index (χ2n) is 6.28. The molecule has 2 aromatic rings. The fourth-order valence-electron chi connectivity index (χ4n) is 2.85. The number of benzene rings is 2. The number of rotatable bonds is 6. The maximum atomic E-state index is 6.02. The van der Waals surface area contributed by atoms with Gasteiger partial charge in [-0.2, -0.15) is 0 Å². The van der Waals surface area contributed by atoms with E-state index in [0.717, 1.165) is 59.8 Å². The summed E-state index contributed by atoms with van der Waals surface area (Å²) < 4.78 is 5.62. The minimum absolute atomic E-state index is 0.0441. The lowest BCUT2D eigenvalue weighted by molar-refractivity contribution is 0.0227. The number of hydrogen-bond acceptors (Lipinski definition) is 4. The SMILES string of the molecule is N/C=C(\C=N\C1CCCCO1)c1ccc(NCc2cccc(Cl)c2)cc1. The normalized spacial score (nSPS) is 18.2. The zero-order valence-electron chi connectivity index (χ0n) is 14.7. The summed E-state index contributed by atoms with van der Waals surface area (Å²) in [4.78, 5) is 4.51. The number of nitrogens with one attached hydrogen (secondary N) is 1. The van der Waals surface area contributed by atoms with E-state index in [2.05, 4.69) is 10.3 Å². The van der Waals surface area contributed by atoms with Crippen LogP contribution in [0.4, 0.5) is 5.69 Å². The fourth-order valence-corrected chi connectivity index (χ4v) is 3.06. The van der Waals surface area contributed by atoms with Crippen molar-refractivity contribution in [3.05, 3.63) is 70.9 Å². The molecule has 1 saturated heterocycles. The van der Waals surface area contributed by atoms with Crippen molar-refractivity contribution in [1.82, 2.24) is 0 Å². The van der Waals surface area contributed by atoms with Crippen LogP contribution in [0.25, 0.3) is 5.57 Å². The van der Waals surface area contributed by atoms with Gasteiger partial charge in [0.2, 0.25) is 0 Å². The summed E-state index contributed by atoms with van der Waals surface area (Å²) in [5.74, 6) is 0. The van der Waals surface area contributed by atoms with E-state index in [-0.39, 0.29) is 6.23 Å². The Balaban J connectivity index is 1.59. The zero-order valence-corrected chi connectivity index (χ0v) is 15.5. The van der Waals surface area contributed by atoms with Crippen LogP contribution in [-0.4, -0.2) is 19.0 Å². The van der Waals surface area contributed by atoms with E-state index in [1.165, 1.54) is 0 Å². The molecule has 0 radical (unpaired) electrons. The summed E-state index contributed by atoms with van der Waals surface area (Å²) in [6.45, 7) is 1.51. The maximum absolute atomic E-state index is 6.02. The molecule has 136 valence electrons. The molecular weight excluding hydrogens is 346 g/mol. The van der Waals surface area contributed by atoms with Gasteiger partial charge in [0.25, 0.3) is 0 Å². The quantitative estimate of drug-likeness (QED) is 0.715. The molecule has 1 aliphatic heterocycles. The highest BCUT2D eigenvalue weighted by Gasteiger charge is 2.11. The first-order chi connectivity index (χ1) is 12.7. The van der Waals surface area contributed by atoms with Crippen LogP contribution in [0.15, 0.2) is 59.7 Å². The number of nitrogens with zero attached hydrogens (tertiary/aromatic N) is 1. The molecule has 4 nitrogen and oxygen atoms in total. The molecule has 5 heteroatoms. The highest BCUT2D eigenvalue weighted by atomic mass is 35.5. The monoisotopic (exact) mass is 369 g/mol. The van der Waals surface area contributed by atoms with Crippen LogP contribution >= 0.6 is 11.6 Å². The number of nitrogens with two attached hydrogens (primary N) is 1. The van der Waals surface area contributed by atoms with Crippen molar-refractivity contribution in [2.75, 3.05) is 11.9 Å². The number of ether oxygens (including phenoxy) is 1. The summed E-state index contributed by atoms with van der Waals surface area (Å²) in [5.41, 5.74) is 9.88. The molecule has 1 heterocycles. The van der Waals surface area contributed by atoms with Crippen LogP contribution in [0.3, 0.4) is 0 Å². The van der Waals surface area contributed by atoms with E-state index in [1.54, 1.807) is 6.20 Å². The van der Waals surface area contributed by atoms with Crippen LogP contribution in [0.1, 0.15) is 30.4 Å². The molecule has 1 unspecified atom stereocenters. The van der Waals surface area contributed by atoms with E-state index in [0.29, 0.717) is 0 Å². The van der Waals surface area contributed by atoms with Crippen molar-refractivity contribution in [2.45, 2.75) is 32.0 Å². The first kappa shape index (κ1) is 18.5. The lowest BCUT2D eigenvalue weighted by Gasteiger charge is -2.18. The minimum Gasteiger partial charge on any atom is -0.404 e. The Kier molecular flexibility index (Phi) is 6.69. The molecule has 26 heavy (non-hydrogen) atoms. The maximum Gasteiger partial charge on any atom is 0.148 e. The van der Waals surface area contributed by atoms with Gasteiger partial charge in [-0.25, -0.2) is 0 Å². The van der Waals surface area contributed by atoms with Crippen molar-refractivity contribution in [3.63, 3.8) is 0 Å². The molecule has 0 amide bonds. The summed E-state index contributed by atoms with van der Waals surface area (Å²) in [6.07, 6.45) is 6.61. The molecule has 0 aliphatic carbocycles. The van der Waals surface area contributed by atoms with E-state index in [4.69, 9.17) is 22.1 Å². The first-order valence-electron chi connectivity index (χ1n) is 8.90. The van der Waals surface area contributed by atoms with Gasteiger partial charge < -0.3 is 15.8 Å². The van der Waals surface area contributed by atoms with Crippen LogP contribution in [0.5, 0.6) is 0 Å². The third kappa shape index (κ3) is 5.35. The summed E-state index contributed by atoms with van der Waals surface area (Å²) in [5, 5.41) is 4.14. The highest BCUT2D eigenvalue weighted by molar-refractivity contribution is 6.30. The van der Waals surface area contributed by atoms with Gasteiger partial charge in [-0.1, -0.05) is 35.9 Å². The second-order valence-corrected chi connectivity index (χ2v) is 6.72. The minimum atomic E-state index is -0.0441. The Morgan fingerprint density at radius 1 is 1.23 bits per heavy atom. The lowest BCUT2D eigenvalue weighted by Crippen LogP contribution is -2.16. The van der Waals surface area contributed by atoms with E-state index < -0.39 is 0 Å². The topological polar surface area (TPSA) is 59.6 Å². The molecular formula is C21H24ClN3O. The van der Waals surface area contributed by atoms with Crippen LogP contribution in [0.2, 0.25) is 5.02 Å². The largest absolute Gasteiger partial charge is 0.404 e. The molecule has 1 atom stereocenters. The van der Waals surface area contributed by atoms with Crippen molar-refractivity contribution in [1.29, 1.82) is 0 Å². The van der Waals surface area contributed by atoms with Gasteiger partial charge in [0.15, 0.2) is 0 Å². The van der Waals surface area contributed by atoms with Gasteiger partial charge >= 0.3 is 0 Å². The molecule has 0 saturated carbocycles. The molecule has 3 rings (SSSR count). The number of halogens is 1. The summed E-state index contributed by atoms with van der Waals surface area (Å²) in [6, 6.07) is 16.0. The van der Waals surface area contributed by atoms with E-state index in [9.17, 15) is 0 Å². The number of allylic oxidation sites excluding steroid dienone is 1. The van der Waals surface area contributed by atoms with Crippen LogP contribution < -0.4 is 11.1 Å². The van der Waals surface area contributed by atoms with Gasteiger partial charge in [-0.3, -0.25) is 4.99 Å². The zero-order chi connectivity index (χ0) is 18.2. The average molecular weight is 370 g/mol. The summed E-state index contributed by atoms with van der Waals surface area (Å²) in [7, 11) is 0. The molecule has 2 aromatic carbocycles. The van der Waals surface area contributed by atoms with Crippen molar-refractivity contribution >= 4 is 29.1 Å². The van der Waals surface area contributed by atoms with Crippen LogP contribution in [0, 0.1) is 0 Å². The third-order valence-corrected chi connectivity index (χ3v) is 4.55. The predicted octanol–water partition coefficient (Wildman–Crippen LogP) is 4.85. The smallest absolute Gasteiger partial charge is 0.148 e. The van der Waals surface area contributed by atoms with Crippen molar-refractivity contribution in [3.8, 4) is 0 Å². The van der Waals surface area contributed by atoms with Gasteiger partial charge in [0.1, 0.15) is 6.23 Å². The summed E-state index contributed by atoms with van der Waals surface area (Å²) >= 11 is 6.02. The molecule has 3 N–H and O–H groups in total. The number of aliphatic imine (C=N–C) groups is 1. The van der Waals surface area contributed by atoms with Crippen molar-refractivity contribution < 1.29 is 4.74 Å². The Morgan fingerprint density at radius 3 is 2.77 bits per heavy atom. The van der Waals surface area contributed by atoms with Gasteiger partial charge in [0, 0.05) is 41.8 Å². The second kappa shape index (κ2) is 9.41.